The lowest BCUT2D eigenvalue weighted by Gasteiger charge is -2.35. The molecule has 0 spiro atoms. The molecule has 15 rings (SSSR count). The maximum Gasteiger partial charge on any atom is 0.494 e. The Morgan fingerprint density at radius 3 is 1.56 bits per heavy atom. The molecule has 95 heavy (non-hydrogen) atoms. The molecule has 0 amide bonds. The number of methoxy groups -OCH3 is 1. The van der Waals surface area contributed by atoms with Crippen LogP contribution in [0.25, 0.3) is 83.3 Å². The summed E-state index contributed by atoms with van der Waals surface area (Å²) in [7, 11) is 3.35. The molecular weight excluding hydrogens is 1450 g/mol. The number of halogens is 3. The third kappa shape index (κ3) is 16.8. The predicted octanol–water partition coefficient (Wildman–Crippen LogP) is 19.8. The molecular formula is C77H71BBr2IN5O8S. The number of benzene rings is 4. The Balaban J connectivity index is 0.000000136. The number of hydrogen-bond acceptors (Lipinski definition) is 14. The van der Waals surface area contributed by atoms with Crippen LogP contribution in [0.5, 0.6) is 5.75 Å². The largest absolute Gasteiger partial charge is 0.505 e. The van der Waals surface area contributed by atoms with Gasteiger partial charge in [-0.15, -0.1) is 17.8 Å². The van der Waals surface area contributed by atoms with E-state index in [1.807, 2.05) is 150 Å². The van der Waals surface area contributed by atoms with E-state index in [1.165, 1.54) is 55.3 Å². The summed E-state index contributed by atoms with van der Waals surface area (Å²) in [4.78, 5) is 33.9. The minimum absolute atomic E-state index is 0.244. The Hall–Kier alpha value is -8.00. The first-order valence-electron chi connectivity index (χ1n) is 31.3. The van der Waals surface area contributed by atoms with E-state index < -0.39 is 0 Å². The zero-order chi connectivity index (χ0) is 66.8. The molecule has 10 heterocycles. The third-order valence-electron chi connectivity index (χ3n) is 17.4. The fourth-order valence-corrected chi connectivity index (χ4v) is 13.4. The lowest BCUT2D eigenvalue weighted by atomic mass is 9.75. The molecule has 0 bridgehead atoms. The molecule has 1 saturated heterocycles. The molecule has 1 N–H and O–H groups in total. The van der Waals surface area contributed by atoms with Crippen molar-refractivity contribution in [3.05, 3.63) is 229 Å². The molecule has 482 valence electrons. The number of nitrogens with zero attached hydrogens (tertiary/aromatic N) is 5. The lowest BCUT2D eigenvalue weighted by molar-refractivity contribution is 0.00578. The van der Waals surface area contributed by atoms with Gasteiger partial charge < -0.3 is 37.3 Å². The minimum Gasteiger partial charge on any atom is -0.505 e. The van der Waals surface area contributed by atoms with Crippen molar-refractivity contribution >= 4 is 123 Å². The van der Waals surface area contributed by atoms with Crippen molar-refractivity contribution in [1.29, 1.82) is 0 Å². The van der Waals surface area contributed by atoms with Gasteiger partial charge in [-0.05, 0) is 202 Å². The van der Waals surface area contributed by atoms with Crippen molar-refractivity contribution in [2.24, 2.45) is 11.8 Å². The predicted molar refractivity (Wildman–Crippen MR) is 397 cm³/mol. The average Bonchev–Trinajstić information content (AvgIpc) is 1.68. The monoisotopic (exact) mass is 1520 g/mol. The average molecular weight is 1520 g/mol. The Morgan fingerprint density at radius 2 is 1.11 bits per heavy atom. The number of aromatic hydroxyl groups is 1. The number of furan rings is 3. The summed E-state index contributed by atoms with van der Waals surface area (Å²) in [5.74, 6) is 6.41. The van der Waals surface area contributed by atoms with Crippen molar-refractivity contribution in [2.45, 2.75) is 77.9 Å². The molecule has 0 atom stereocenters. The number of likely N-dealkylation sites (N-methyl/N-ethyl adjacent to an activating group) is 1. The molecule has 4 aromatic carbocycles. The van der Waals surface area contributed by atoms with Crippen LogP contribution < -0.4 is 5.46 Å². The van der Waals surface area contributed by atoms with Crippen LogP contribution >= 0.6 is 65.8 Å². The van der Waals surface area contributed by atoms with E-state index in [-0.39, 0.29) is 30.0 Å². The number of carbonyl (C=O) groups excluding carboxylic acids is 1. The first-order valence-corrected chi connectivity index (χ1v) is 34.8. The van der Waals surface area contributed by atoms with Crippen LogP contribution in [-0.2, 0) is 14.0 Å². The van der Waals surface area contributed by atoms with Crippen LogP contribution in [-0.4, -0.2) is 81.5 Å². The summed E-state index contributed by atoms with van der Waals surface area (Å²) in [5.41, 5.74) is 14.4. The second-order valence-corrected chi connectivity index (χ2v) is 28.5. The van der Waals surface area contributed by atoms with Gasteiger partial charge in [-0.3, -0.25) is 15.0 Å². The van der Waals surface area contributed by atoms with Crippen molar-refractivity contribution in [2.75, 3.05) is 27.2 Å². The zero-order valence-electron chi connectivity index (χ0n) is 53.8. The fourth-order valence-electron chi connectivity index (χ4n) is 11.4. The van der Waals surface area contributed by atoms with E-state index in [1.54, 1.807) is 36.9 Å². The number of carbonyl (C=O) groups is 1. The van der Waals surface area contributed by atoms with Gasteiger partial charge in [0.2, 0.25) is 0 Å². The molecule has 1 saturated carbocycles. The summed E-state index contributed by atoms with van der Waals surface area (Å²) in [5, 5.41) is 8.85. The number of ether oxygens (including phenoxy) is 1. The number of rotatable bonds is 8. The Kier molecular flexibility index (Phi) is 22.2. The number of terminal acetylenes is 1. The summed E-state index contributed by atoms with van der Waals surface area (Å²) in [6.07, 6.45) is 18.1. The smallest absolute Gasteiger partial charge is 0.494 e. The van der Waals surface area contributed by atoms with Crippen LogP contribution in [0.3, 0.4) is 0 Å². The zero-order valence-corrected chi connectivity index (χ0v) is 60.0. The van der Waals surface area contributed by atoms with Gasteiger partial charge in [0, 0.05) is 97.7 Å². The lowest BCUT2D eigenvalue weighted by Crippen LogP contribution is -2.41. The van der Waals surface area contributed by atoms with Gasteiger partial charge in [0.15, 0.2) is 16.7 Å². The highest BCUT2D eigenvalue weighted by Gasteiger charge is 2.51. The van der Waals surface area contributed by atoms with Crippen molar-refractivity contribution in [3.8, 4) is 62.5 Å². The van der Waals surface area contributed by atoms with Gasteiger partial charge in [-0.2, -0.15) is 0 Å². The van der Waals surface area contributed by atoms with Crippen LogP contribution in [0, 0.1) is 27.9 Å². The summed E-state index contributed by atoms with van der Waals surface area (Å²) in [6, 6.07) is 55.0. The Morgan fingerprint density at radius 1 is 0.653 bits per heavy atom. The van der Waals surface area contributed by atoms with Gasteiger partial charge in [0.1, 0.15) is 48.2 Å². The van der Waals surface area contributed by atoms with Crippen molar-refractivity contribution < 1.29 is 37.2 Å². The first-order chi connectivity index (χ1) is 45.8. The fraction of sp³-hybridized carbons (Fsp3) is 0.234. The van der Waals surface area contributed by atoms with Crippen molar-refractivity contribution in [3.63, 3.8) is 0 Å². The van der Waals surface area contributed by atoms with Gasteiger partial charge in [0.05, 0.1) is 18.3 Å². The highest BCUT2D eigenvalue weighted by Crippen LogP contribution is 2.45. The molecule has 0 radical (unpaired) electrons. The van der Waals surface area contributed by atoms with Gasteiger partial charge in [-0.1, -0.05) is 118 Å². The summed E-state index contributed by atoms with van der Waals surface area (Å²) >= 11 is 10.2. The molecule has 2 aliphatic heterocycles. The van der Waals surface area contributed by atoms with E-state index in [0.717, 1.165) is 134 Å². The van der Waals surface area contributed by atoms with Crippen LogP contribution in [0.1, 0.15) is 87.5 Å². The highest BCUT2D eigenvalue weighted by atomic mass is 127. The van der Waals surface area contributed by atoms with Gasteiger partial charge in [-0.25, -0.2) is 9.78 Å². The number of esters is 1. The normalized spacial score (nSPS) is 16.5. The minimum atomic E-state index is -0.346. The van der Waals surface area contributed by atoms with Gasteiger partial charge >= 0.3 is 13.1 Å². The summed E-state index contributed by atoms with van der Waals surface area (Å²) in [6.45, 7) is 12.6. The SMILES string of the molecule is Brc1ccc(-c2cc3ncccc3o2)cc1.C#Cc1ccc(Br)cc1.CC1(C)OB(c2ccc(-c3cc4ncccc4o3)cc2)OC1(C)C.COC(=O)c1sc(-c2ccc(-c3cc4ncccc4o3)cc2)cc1C1=C(C2CCC(C)CC2)CN(C)CC1.Oc1cccnc1I. The molecule has 1 aliphatic carbocycles. The first kappa shape index (κ1) is 68.4. The summed E-state index contributed by atoms with van der Waals surface area (Å²) < 4.78 is 37.8. The molecule has 3 aliphatic rings. The highest BCUT2D eigenvalue weighted by molar-refractivity contribution is 14.1. The third-order valence-corrected chi connectivity index (χ3v) is 20.5. The van der Waals surface area contributed by atoms with E-state index in [0.29, 0.717) is 9.62 Å². The number of aromatic nitrogens is 4. The van der Waals surface area contributed by atoms with E-state index in [4.69, 9.17) is 38.8 Å². The molecule has 13 nitrogen and oxygen atoms in total. The topological polar surface area (TPSA) is 159 Å². The number of fused-ring (bicyclic) bond motifs is 3. The van der Waals surface area contributed by atoms with E-state index in [2.05, 4.69) is 135 Å². The van der Waals surface area contributed by atoms with Gasteiger partial charge in [0.25, 0.3) is 0 Å². The van der Waals surface area contributed by atoms with Crippen LogP contribution in [0.4, 0.5) is 0 Å². The Bertz CT molecular complexity index is 4530. The van der Waals surface area contributed by atoms with Crippen LogP contribution in [0.2, 0.25) is 0 Å². The number of thiophene rings is 1. The number of hydrogen-bond donors (Lipinski definition) is 1. The van der Waals surface area contributed by atoms with E-state index in [9.17, 15) is 4.79 Å². The second kappa shape index (κ2) is 30.8. The maximum atomic E-state index is 13.0. The van der Waals surface area contributed by atoms with Crippen molar-refractivity contribution in [1.82, 2.24) is 24.8 Å². The second-order valence-electron chi connectivity index (χ2n) is 24.5. The van der Waals surface area contributed by atoms with E-state index >= 15 is 0 Å². The molecule has 2 fully saturated rings. The number of pyridine rings is 4. The van der Waals surface area contributed by atoms with Crippen LogP contribution in [0.15, 0.2) is 222 Å². The maximum absolute atomic E-state index is 13.0. The molecule has 18 heteroatoms. The molecule has 0 unspecified atom stereocenters. The standard InChI is InChI=1S/C32H34N2O3S.C19H20BNO3.C13H8BrNO.C8H5Br.C5H4INO/c1-20-6-8-21(9-7-20)26-19-34(2)16-14-24(26)25-17-30(38-31(25)32(35)36-3)23-12-10-22(11-13-23)29-18-27-28(37-29)5-4-15-33-27;1-18(2)19(3,4)24-20(23-18)14-9-7-13(8-10-14)17-12-15-16(22-17)6-5-11-21-15;14-10-5-3-9(4-6-10)13-8-11-12(16-13)2-1-7-15-11;1-2-7-3-5-8(9)6-4-7;6-5-4(8)2-1-3-7-5/h4-5,10-13,15,17-18,20-21H,6-9,14,16,19H2,1-3H3;5-12H,1-4H3;1-8H;1,3-6H;1-3,8H. The molecule has 12 aromatic rings. The molecule has 8 aromatic heterocycles. The quantitative estimate of drug-likeness (QED) is 0.0504. The Labute approximate surface area is 588 Å².